The molecule has 2 atom stereocenters. The van der Waals surface area contributed by atoms with Gasteiger partial charge >= 0.3 is 0 Å². The van der Waals surface area contributed by atoms with Crippen LogP contribution in [0.5, 0.6) is 0 Å². The third-order valence-electron chi connectivity index (χ3n) is 2.33. The van der Waals surface area contributed by atoms with Gasteiger partial charge in [-0.05, 0) is 19.8 Å². The second-order valence-corrected chi connectivity index (χ2v) is 8.63. The molecule has 0 bridgehead atoms. The number of rotatable bonds is 6. The Morgan fingerprint density at radius 2 is 1.60 bits per heavy atom. The van der Waals surface area contributed by atoms with E-state index in [0.29, 0.717) is 12.8 Å². The summed E-state index contributed by atoms with van der Waals surface area (Å²) in [6.07, 6.45) is 3.09. The van der Waals surface area contributed by atoms with Gasteiger partial charge in [-0.3, -0.25) is 0 Å². The third-order valence-corrected chi connectivity index (χ3v) is 5.06. The van der Waals surface area contributed by atoms with Gasteiger partial charge in [0, 0.05) is 24.3 Å². The van der Waals surface area contributed by atoms with Crippen LogP contribution in [0.2, 0.25) is 0 Å². The topological polar surface area (TPSA) is 94.3 Å². The zero-order valence-electron chi connectivity index (χ0n) is 9.30. The molecule has 0 aromatic carbocycles. The van der Waals surface area contributed by atoms with Crippen molar-refractivity contribution in [3.05, 3.63) is 0 Å². The average molecular weight is 257 g/mol. The van der Waals surface area contributed by atoms with Crippen molar-refractivity contribution in [3.63, 3.8) is 0 Å². The first kappa shape index (κ1) is 14.9. The number of hydrogen-bond donors (Lipinski definition) is 1. The van der Waals surface area contributed by atoms with E-state index in [0.717, 1.165) is 12.5 Å². The SMILES string of the molecule is CC(C(N)CCCS(C)(=O)=O)S(C)(=O)=O. The predicted molar refractivity (Wildman–Crippen MR) is 61.2 cm³/mol. The Morgan fingerprint density at radius 3 is 1.93 bits per heavy atom. The first-order valence-electron chi connectivity index (χ1n) is 4.66. The lowest BCUT2D eigenvalue weighted by Gasteiger charge is -2.17. The fourth-order valence-corrected chi connectivity index (χ4v) is 2.60. The van der Waals surface area contributed by atoms with E-state index >= 15 is 0 Å². The molecule has 0 aliphatic rings. The van der Waals surface area contributed by atoms with Crippen LogP contribution in [0.15, 0.2) is 0 Å². The highest BCUT2D eigenvalue weighted by molar-refractivity contribution is 7.91. The zero-order valence-corrected chi connectivity index (χ0v) is 10.9. The molecule has 0 aliphatic carbocycles. The van der Waals surface area contributed by atoms with Gasteiger partial charge in [-0.1, -0.05) is 0 Å². The van der Waals surface area contributed by atoms with Crippen LogP contribution in [0.25, 0.3) is 0 Å². The number of hydrogen-bond acceptors (Lipinski definition) is 5. The molecule has 0 aromatic heterocycles. The first-order valence-corrected chi connectivity index (χ1v) is 8.67. The monoisotopic (exact) mass is 257 g/mol. The summed E-state index contributed by atoms with van der Waals surface area (Å²) >= 11 is 0. The Kier molecular flexibility index (Phi) is 5.22. The van der Waals surface area contributed by atoms with Crippen molar-refractivity contribution in [1.29, 1.82) is 0 Å². The van der Waals surface area contributed by atoms with Gasteiger partial charge < -0.3 is 5.73 Å². The normalized spacial score (nSPS) is 17.3. The van der Waals surface area contributed by atoms with Gasteiger partial charge in [0.05, 0.1) is 5.25 Å². The van der Waals surface area contributed by atoms with Crippen LogP contribution in [0, 0.1) is 0 Å². The molecule has 5 nitrogen and oxygen atoms in total. The van der Waals surface area contributed by atoms with Crippen molar-refractivity contribution < 1.29 is 16.8 Å². The molecule has 0 heterocycles. The molecule has 0 fully saturated rings. The maximum absolute atomic E-state index is 11.1. The van der Waals surface area contributed by atoms with Crippen LogP contribution in [0.1, 0.15) is 19.8 Å². The highest BCUT2D eigenvalue weighted by Crippen LogP contribution is 2.08. The van der Waals surface area contributed by atoms with E-state index in [4.69, 9.17) is 5.73 Å². The van der Waals surface area contributed by atoms with Crippen molar-refractivity contribution in [1.82, 2.24) is 0 Å². The Hall–Kier alpha value is -0.140. The van der Waals surface area contributed by atoms with Gasteiger partial charge in [0.15, 0.2) is 9.84 Å². The third kappa shape index (κ3) is 6.86. The largest absolute Gasteiger partial charge is 0.327 e. The smallest absolute Gasteiger partial charge is 0.151 e. The molecule has 0 spiro atoms. The van der Waals surface area contributed by atoms with E-state index in [9.17, 15) is 16.8 Å². The zero-order chi connectivity index (χ0) is 12.3. The molecule has 2 unspecified atom stereocenters. The summed E-state index contributed by atoms with van der Waals surface area (Å²) in [5, 5.41) is -0.628. The average Bonchev–Trinajstić information content (AvgIpc) is 1.98. The molecular formula is C8H19NO4S2. The molecule has 0 aromatic rings. The van der Waals surface area contributed by atoms with Crippen LogP contribution >= 0.6 is 0 Å². The fourth-order valence-electron chi connectivity index (χ4n) is 1.13. The number of sulfone groups is 2. The second-order valence-electron chi connectivity index (χ2n) is 3.97. The molecule has 0 radical (unpaired) electrons. The molecule has 0 rings (SSSR count). The standard InChI is InChI=1S/C8H19NO4S2/c1-7(15(3,12)13)8(9)5-4-6-14(2,10)11/h7-8H,4-6,9H2,1-3H3. The van der Waals surface area contributed by atoms with E-state index in [1.807, 2.05) is 0 Å². The maximum Gasteiger partial charge on any atom is 0.151 e. The highest BCUT2D eigenvalue weighted by atomic mass is 32.2. The first-order chi connectivity index (χ1) is 6.54. The Morgan fingerprint density at radius 1 is 1.13 bits per heavy atom. The molecule has 0 saturated carbocycles. The molecule has 0 saturated heterocycles. The second kappa shape index (κ2) is 5.27. The molecule has 0 aliphatic heterocycles. The van der Waals surface area contributed by atoms with E-state index in [-0.39, 0.29) is 5.75 Å². The molecule has 7 heteroatoms. The summed E-state index contributed by atoms with van der Waals surface area (Å²) in [5.74, 6) is 0.0528. The minimum Gasteiger partial charge on any atom is -0.327 e. The maximum atomic E-state index is 11.1. The lowest BCUT2D eigenvalue weighted by molar-refractivity contribution is 0.540. The highest BCUT2D eigenvalue weighted by Gasteiger charge is 2.22. The van der Waals surface area contributed by atoms with Crippen LogP contribution in [-0.2, 0) is 19.7 Å². The van der Waals surface area contributed by atoms with Gasteiger partial charge in [-0.25, -0.2) is 16.8 Å². The summed E-state index contributed by atoms with van der Waals surface area (Å²) in [5.41, 5.74) is 5.66. The van der Waals surface area contributed by atoms with Gasteiger partial charge in [0.1, 0.15) is 9.84 Å². The van der Waals surface area contributed by atoms with E-state index in [1.165, 1.54) is 0 Å². The van der Waals surface area contributed by atoms with E-state index in [2.05, 4.69) is 0 Å². The van der Waals surface area contributed by atoms with Crippen LogP contribution in [0.3, 0.4) is 0 Å². The van der Waals surface area contributed by atoms with Crippen molar-refractivity contribution in [2.24, 2.45) is 5.73 Å². The van der Waals surface area contributed by atoms with Crippen molar-refractivity contribution in [3.8, 4) is 0 Å². The predicted octanol–water partition coefficient (Wildman–Crippen LogP) is -0.428. The Balaban J connectivity index is 4.12. The van der Waals surface area contributed by atoms with Crippen LogP contribution in [0.4, 0.5) is 0 Å². The molecule has 92 valence electrons. The quantitative estimate of drug-likeness (QED) is 0.697. The van der Waals surface area contributed by atoms with Crippen molar-refractivity contribution in [2.75, 3.05) is 18.3 Å². The minimum absolute atomic E-state index is 0.0528. The summed E-state index contributed by atoms with van der Waals surface area (Å²) in [4.78, 5) is 0. The summed E-state index contributed by atoms with van der Waals surface area (Å²) in [6.45, 7) is 1.54. The van der Waals surface area contributed by atoms with Crippen LogP contribution < -0.4 is 5.73 Å². The van der Waals surface area contributed by atoms with Gasteiger partial charge in [0.25, 0.3) is 0 Å². The summed E-state index contributed by atoms with van der Waals surface area (Å²) in [7, 11) is -6.13. The molecule has 15 heavy (non-hydrogen) atoms. The van der Waals surface area contributed by atoms with E-state index < -0.39 is 31.0 Å². The molecule has 0 amide bonds. The van der Waals surface area contributed by atoms with Crippen LogP contribution in [-0.4, -0.2) is 46.4 Å². The Bertz CT molecular complexity index is 385. The Labute approximate surface area is 91.9 Å². The van der Waals surface area contributed by atoms with Gasteiger partial charge in [-0.2, -0.15) is 0 Å². The van der Waals surface area contributed by atoms with Gasteiger partial charge in [0.2, 0.25) is 0 Å². The van der Waals surface area contributed by atoms with Crippen molar-refractivity contribution in [2.45, 2.75) is 31.1 Å². The molecule has 2 N–H and O–H groups in total. The summed E-state index contributed by atoms with van der Waals surface area (Å²) < 4.78 is 43.9. The minimum atomic E-state index is -3.14. The van der Waals surface area contributed by atoms with Gasteiger partial charge in [-0.15, -0.1) is 0 Å². The lowest BCUT2D eigenvalue weighted by Crippen LogP contribution is -2.38. The van der Waals surface area contributed by atoms with E-state index in [1.54, 1.807) is 6.92 Å². The van der Waals surface area contributed by atoms with Crippen molar-refractivity contribution >= 4 is 19.7 Å². The molecular weight excluding hydrogens is 238 g/mol. The lowest BCUT2D eigenvalue weighted by atomic mass is 10.1. The number of nitrogens with two attached hydrogens (primary N) is 1. The fraction of sp³-hybridized carbons (Fsp3) is 1.00. The summed E-state index contributed by atoms with van der Waals surface area (Å²) in [6, 6.07) is -0.498.